The lowest BCUT2D eigenvalue weighted by atomic mass is 10.1. The lowest BCUT2D eigenvalue weighted by Crippen LogP contribution is -2.19. The van der Waals surface area contributed by atoms with Crippen molar-refractivity contribution in [2.75, 3.05) is 17.3 Å². The van der Waals surface area contributed by atoms with Gasteiger partial charge >= 0.3 is 0 Å². The van der Waals surface area contributed by atoms with E-state index in [2.05, 4.69) is 48.5 Å². The van der Waals surface area contributed by atoms with Crippen LogP contribution in [0, 0.1) is 0 Å². The molecular formula is C13H20N4S. The predicted octanol–water partition coefficient (Wildman–Crippen LogP) is 3.02. The summed E-state index contributed by atoms with van der Waals surface area (Å²) < 4.78 is 1.90. The van der Waals surface area contributed by atoms with Crippen LogP contribution < -0.4 is 5.32 Å². The Morgan fingerprint density at radius 3 is 2.83 bits per heavy atom. The fraction of sp³-hybridized carbons (Fsp3) is 0.538. The summed E-state index contributed by atoms with van der Waals surface area (Å²) in [4.78, 5) is 4.42. The lowest BCUT2D eigenvalue weighted by molar-refractivity contribution is 0.786. The fourth-order valence-electron chi connectivity index (χ4n) is 1.86. The van der Waals surface area contributed by atoms with E-state index in [-0.39, 0.29) is 0 Å². The summed E-state index contributed by atoms with van der Waals surface area (Å²) in [6, 6.07) is 2.52. The van der Waals surface area contributed by atoms with Crippen LogP contribution in [0.2, 0.25) is 0 Å². The topological polar surface area (TPSA) is 42.2 Å². The van der Waals surface area contributed by atoms with E-state index in [0.717, 1.165) is 22.8 Å². The van der Waals surface area contributed by atoms with Crippen molar-refractivity contribution in [1.29, 1.82) is 0 Å². The van der Waals surface area contributed by atoms with Crippen LogP contribution >= 0.6 is 11.8 Å². The maximum absolute atomic E-state index is 4.56. The highest BCUT2D eigenvalue weighted by atomic mass is 32.2. The standard InChI is InChI=1S/C13H20N4S/c1-9(2)11-7-12-13(15-10(3)8-18-4)14-5-6-17(12)16-11/h5-7,9-10H,8H2,1-4H3,(H,14,15). The molecular weight excluding hydrogens is 244 g/mol. The van der Waals surface area contributed by atoms with Crippen LogP contribution in [0.15, 0.2) is 18.5 Å². The van der Waals surface area contributed by atoms with Gasteiger partial charge in [0.05, 0.1) is 5.69 Å². The zero-order valence-electron chi connectivity index (χ0n) is 11.3. The summed E-state index contributed by atoms with van der Waals surface area (Å²) in [5, 5.41) is 8.00. The summed E-state index contributed by atoms with van der Waals surface area (Å²) in [5.41, 5.74) is 2.15. The van der Waals surface area contributed by atoms with E-state index in [1.165, 1.54) is 0 Å². The Labute approximate surface area is 112 Å². The molecule has 0 aliphatic heterocycles. The minimum atomic E-state index is 0.399. The predicted molar refractivity (Wildman–Crippen MR) is 78.5 cm³/mol. The van der Waals surface area contributed by atoms with Crippen molar-refractivity contribution in [1.82, 2.24) is 14.6 Å². The van der Waals surface area contributed by atoms with Crippen molar-refractivity contribution in [3.8, 4) is 0 Å². The molecule has 0 aliphatic carbocycles. The number of rotatable bonds is 5. The van der Waals surface area contributed by atoms with Crippen molar-refractivity contribution in [2.45, 2.75) is 32.7 Å². The SMILES string of the molecule is CSCC(C)Nc1nccn2nc(C(C)C)cc12. The van der Waals surface area contributed by atoms with E-state index in [1.54, 1.807) is 6.20 Å². The highest BCUT2D eigenvalue weighted by Gasteiger charge is 2.11. The molecule has 0 aromatic carbocycles. The minimum absolute atomic E-state index is 0.399. The van der Waals surface area contributed by atoms with Crippen molar-refractivity contribution in [3.05, 3.63) is 24.2 Å². The Balaban J connectivity index is 2.32. The van der Waals surface area contributed by atoms with Crippen LogP contribution in [0.5, 0.6) is 0 Å². The highest BCUT2D eigenvalue weighted by Crippen LogP contribution is 2.20. The van der Waals surface area contributed by atoms with Gasteiger partial charge in [-0.25, -0.2) is 9.50 Å². The summed E-state index contributed by atoms with van der Waals surface area (Å²) in [5.74, 6) is 2.41. The van der Waals surface area contributed by atoms with E-state index >= 15 is 0 Å². The number of anilines is 1. The average molecular weight is 264 g/mol. The van der Waals surface area contributed by atoms with Gasteiger partial charge in [0.2, 0.25) is 0 Å². The van der Waals surface area contributed by atoms with Gasteiger partial charge in [-0.05, 0) is 25.2 Å². The summed E-state index contributed by atoms with van der Waals surface area (Å²) in [6.07, 6.45) is 5.80. The van der Waals surface area contributed by atoms with Gasteiger partial charge in [-0.1, -0.05) is 13.8 Å². The summed E-state index contributed by atoms with van der Waals surface area (Å²) in [7, 11) is 0. The summed E-state index contributed by atoms with van der Waals surface area (Å²) >= 11 is 1.83. The Hall–Kier alpha value is -1.23. The molecule has 0 fully saturated rings. The van der Waals surface area contributed by atoms with Crippen molar-refractivity contribution in [2.24, 2.45) is 0 Å². The second kappa shape index (κ2) is 5.61. The fourth-order valence-corrected chi connectivity index (χ4v) is 2.44. The first kappa shape index (κ1) is 13.2. The smallest absolute Gasteiger partial charge is 0.152 e. The molecule has 4 nitrogen and oxygen atoms in total. The molecule has 0 bridgehead atoms. The molecule has 18 heavy (non-hydrogen) atoms. The first-order valence-corrected chi connectivity index (χ1v) is 7.61. The third-order valence-electron chi connectivity index (χ3n) is 2.80. The van der Waals surface area contributed by atoms with Crippen LogP contribution in [0.25, 0.3) is 5.52 Å². The Morgan fingerprint density at radius 1 is 1.39 bits per heavy atom. The van der Waals surface area contributed by atoms with Crippen molar-refractivity contribution >= 4 is 23.1 Å². The van der Waals surface area contributed by atoms with Crippen LogP contribution in [0.1, 0.15) is 32.4 Å². The molecule has 2 aromatic heterocycles. The van der Waals surface area contributed by atoms with Gasteiger partial charge in [0.15, 0.2) is 5.82 Å². The second-order valence-electron chi connectivity index (χ2n) is 4.83. The lowest BCUT2D eigenvalue weighted by Gasteiger charge is -2.13. The van der Waals surface area contributed by atoms with Crippen LogP contribution in [-0.2, 0) is 0 Å². The van der Waals surface area contributed by atoms with E-state index in [4.69, 9.17) is 0 Å². The molecule has 1 unspecified atom stereocenters. The molecule has 0 saturated heterocycles. The number of nitrogens with zero attached hydrogens (tertiary/aromatic N) is 3. The maximum atomic E-state index is 4.56. The molecule has 1 N–H and O–H groups in total. The number of hydrogen-bond acceptors (Lipinski definition) is 4. The van der Waals surface area contributed by atoms with Gasteiger partial charge in [0.25, 0.3) is 0 Å². The molecule has 0 aliphatic rings. The zero-order valence-corrected chi connectivity index (χ0v) is 12.2. The van der Waals surface area contributed by atoms with Crippen LogP contribution in [0.4, 0.5) is 5.82 Å². The van der Waals surface area contributed by atoms with Crippen molar-refractivity contribution in [3.63, 3.8) is 0 Å². The molecule has 5 heteroatoms. The molecule has 2 heterocycles. The van der Waals surface area contributed by atoms with E-state index in [0.29, 0.717) is 12.0 Å². The number of hydrogen-bond donors (Lipinski definition) is 1. The largest absolute Gasteiger partial charge is 0.365 e. The van der Waals surface area contributed by atoms with E-state index < -0.39 is 0 Å². The Morgan fingerprint density at radius 2 is 2.17 bits per heavy atom. The van der Waals surface area contributed by atoms with Gasteiger partial charge in [0, 0.05) is 24.2 Å². The average Bonchev–Trinajstić information content (AvgIpc) is 2.74. The molecule has 2 rings (SSSR count). The normalized spacial score (nSPS) is 13.2. The number of nitrogens with one attached hydrogen (secondary N) is 1. The number of aromatic nitrogens is 3. The highest BCUT2D eigenvalue weighted by molar-refractivity contribution is 7.98. The van der Waals surface area contributed by atoms with Gasteiger partial charge in [-0.15, -0.1) is 0 Å². The first-order chi connectivity index (χ1) is 8.61. The number of thioether (sulfide) groups is 1. The molecule has 0 radical (unpaired) electrons. The molecule has 0 amide bonds. The third kappa shape index (κ3) is 2.77. The molecule has 2 aromatic rings. The first-order valence-electron chi connectivity index (χ1n) is 6.21. The quantitative estimate of drug-likeness (QED) is 0.901. The van der Waals surface area contributed by atoms with Gasteiger partial charge in [0.1, 0.15) is 5.52 Å². The molecule has 1 atom stereocenters. The van der Waals surface area contributed by atoms with Crippen LogP contribution in [0.3, 0.4) is 0 Å². The van der Waals surface area contributed by atoms with Crippen molar-refractivity contribution < 1.29 is 0 Å². The second-order valence-corrected chi connectivity index (χ2v) is 5.74. The summed E-state index contributed by atoms with van der Waals surface area (Å²) in [6.45, 7) is 6.47. The molecule has 0 saturated carbocycles. The Bertz CT molecular complexity index is 521. The Kier molecular flexibility index (Phi) is 4.11. The number of fused-ring (bicyclic) bond motifs is 1. The van der Waals surface area contributed by atoms with E-state index in [1.807, 2.05) is 22.5 Å². The molecule has 98 valence electrons. The van der Waals surface area contributed by atoms with Crippen LogP contribution in [-0.4, -0.2) is 32.6 Å². The zero-order chi connectivity index (χ0) is 13.1. The van der Waals surface area contributed by atoms with Gasteiger partial charge < -0.3 is 5.32 Å². The monoisotopic (exact) mass is 264 g/mol. The third-order valence-corrected chi connectivity index (χ3v) is 3.63. The minimum Gasteiger partial charge on any atom is -0.365 e. The maximum Gasteiger partial charge on any atom is 0.152 e. The van der Waals surface area contributed by atoms with Gasteiger partial charge in [-0.2, -0.15) is 16.9 Å². The van der Waals surface area contributed by atoms with Gasteiger partial charge in [-0.3, -0.25) is 0 Å². The van der Waals surface area contributed by atoms with E-state index in [9.17, 15) is 0 Å². The molecule has 0 spiro atoms.